The van der Waals surface area contributed by atoms with Crippen LogP contribution in [-0.4, -0.2) is 32.1 Å². The lowest BCUT2D eigenvalue weighted by atomic mass is 10.1. The monoisotopic (exact) mass is 328 g/mol. The van der Waals surface area contributed by atoms with E-state index in [0.717, 1.165) is 0 Å². The first-order valence-electron chi connectivity index (χ1n) is 7.31. The summed E-state index contributed by atoms with van der Waals surface area (Å²) in [6.45, 7) is 8.24. The number of hydrogen-bond donors (Lipinski definition) is 3. The molecule has 1 aromatic carbocycles. The number of benzene rings is 1. The van der Waals surface area contributed by atoms with Crippen molar-refractivity contribution in [2.24, 2.45) is 5.92 Å². The molecule has 0 bridgehead atoms. The number of hydrogen-bond acceptors (Lipinski definition) is 4. The molecular formula is C15H24N2O4S. The Labute approximate surface area is 132 Å². The topological polar surface area (TPSA) is 95.5 Å². The van der Waals surface area contributed by atoms with E-state index >= 15 is 0 Å². The van der Waals surface area contributed by atoms with E-state index in [1.807, 2.05) is 20.8 Å². The molecule has 0 aromatic heterocycles. The third kappa shape index (κ3) is 4.99. The van der Waals surface area contributed by atoms with Gasteiger partial charge >= 0.3 is 5.97 Å². The highest BCUT2D eigenvalue weighted by Gasteiger charge is 2.20. The molecule has 7 heteroatoms. The minimum atomic E-state index is -3.72. The number of nitrogens with one attached hydrogen (secondary N) is 2. The molecule has 3 N–H and O–H groups in total. The van der Waals surface area contributed by atoms with Crippen molar-refractivity contribution in [1.82, 2.24) is 4.72 Å². The molecule has 0 saturated heterocycles. The maximum atomic E-state index is 12.2. The first kappa shape index (κ1) is 18.4. The molecule has 1 aromatic rings. The van der Waals surface area contributed by atoms with Gasteiger partial charge in [-0.15, -0.1) is 0 Å². The molecule has 0 fully saturated rings. The lowest BCUT2D eigenvalue weighted by Crippen LogP contribution is -2.32. The highest BCUT2D eigenvalue weighted by atomic mass is 32.2. The zero-order valence-corrected chi connectivity index (χ0v) is 14.2. The third-order valence-electron chi connectivity index (χ3n) is 3.20. The van der Waals surface area contributed by atoms with E-state index in [1.165, 1.54) is 18.2 Å². The number of rotatable bonds is 8. The van der Waals surface area contributed by atoms with Crippen molar-refractivity contribution in [3.63, 3.8) is 0 Å². The van der Waals surface area contributed by atoms with Crippen LogP contribution in [0, 0.1) is 5.92 Å². The summed E-state index contributed by atoms with van der Waals surface area (Å²) in [6.07, 6.45) is 0.652. The number of sulfonamides is 1. The summed E-state index contributed by atoms with van der Waals surface area (Å²) in [5, 5.41) is 12.3. The van der Waals surface area contributed by atoms with Gasteiger partial charge in [-0.25, -0.2) is 17.9 Å². The number of anilines is 1. The Morgan fingerprint density at radius 3 is 2.41 bits per heavy atom. The number of carboxylic acids is 1. The molecule has 0 aliphatic heterocycles. The molecule has 0 radical (unpaired) electrons. The van der Waals surface area contributed by atoms with Crippen molar-refractivity contribution in [1.29, 1.82) is 0 Å². The van der Waals surface area contributed by atoms with E-state index in [0.29, 0.717) is 24.6 Å². The van der Waals surface area contributed by atoms with Crippen molar-refractivity contribution < 1.29 is 18.3 Å². The Balaban J connectivity index is 3.14. The van der Waals surface area contributed by atoms with Crippen LogP contribution in [0.4, 0.5) is 5.69 Å². The Morgan fingerprint density at radius 1 is 1.27 bits per heavy atom. The standard InChI is InChI=1S/C15H24N2O4S/c1-5-11(4)17-22(20,21)12-6-7-14(16-9-10(2)3)13(8-12)15(18)19/h6-8,10-11,16-17H,5,9H2,1-4H3,(H,18,19)/t11-/m1/s1. The molecule has 0 unspecified atom stereocenters. The molecule has 22 heavy (non-hydrogen) atoms. The van der Waals surface area contributed by atoms with Gasteiger partial charge < -0.3 is 10.4 Å². The predicted octanol–water partition coefficient (Wildman–Crippen LogP) is 2.53. The molecule has 0 aliphatic carbocycles. The van der Waals surface area contributed by atoms with Gasteiger partial charge in [0.15, 0.2) is 0 Å². The van der Waals surface area contributed by atoms with Gasteiger partial charge in [0.25, 0.3) is 0 Å². The molecule has 0 aliphatic rings. The smallest absolute Gasteiger partial charge is 0.337 e. The van der Waals surface area contributed by atoms with Crippen LogP contribution < -0.4 is 10.0 Å². The second-order valence-corrected chi connectivity index (χ2v) is 7.43. The van der Waals surface area contributed by atoms with Crippen molar-refractivity contribution in [2.45, 2.75) is 45.1 Å². The molecular weight excluding hydrogens is 304 g/mol. The van der Waals surface area contributed by atoms with Gasteiger partial charge in [0.05, 0.1) is 10.5 Å². The van der Waals surface area contributed by atoms with Gasteiger partial charge in [-0.1, -0.05) is 20.8 Å². The van der Waals surface area contributed by atoms with Crippen LogP contribution in [0.25, 0.3) is 0 Å². The highest BCUT2D eigenvalue weighted by molar-refractivity contribution is 7.89. The largest absolute Gasteiger partial charge is 0.478 e. The maximum absolute atomic E-state index is 12.2. The molecule has 6 nitrogen and oxygen atoms in total. The predicted molar refractivity (Wildman–Crippen MR) is 86.8 cm³/mol. The van der Waals surface area contributed by atoms with Crippen molar-refractivity contribution in [3.8, 4) is 0 Å². The summed E-state index contributed by atoms with van der Waals surface area (Å²) < 4.78 is 27.0. The summed E-state index contributed by atoms with van der Waals surface area (Å²) in [4.78, 5) is 11.3. The summed E-state index contributed by atoms with van der Waals surface area (Å²) in [5.41, 5.74) is 0.372. The summed E-state index contributed by atoms with van der Waals surface area (Å²) in [7, 11) is -3.72. The number of carboxylic acid groups (broad SMARTS) is 1. The van der Waals surface area contributed by atoms with Gasteiger partial charge in [0.1, 0.15) is 0 Å². The van der Waals surface area contributed by atoms with Gasteiger partial charge in [-0.3, -0.25) is 0 Å². The molecule has 124 valence electrons. The average molecular weight is 328 g/mol. The Bertz CT molecular complexity index is 626. The van der Waals surface area contributed by atoms with Gasteiger partial charge in [-0.05, 0) is 37.5 Å². The second kappa shape index (κ2) is 7.60. The van der Waals surface area contributed by atoms with Crippen molar-refractivity contribution >= 4 is 21.7 Å². The molecule has 0 heterocycles. The molecule has 1 atom stereocenters. The molecule has 1 rings (SSSR count). The van der Waals surface area contributed by atoms with Crippen LogP contribution >= 0.6 is 0 Å². The SMILES string of the molecule is CC[C@@H](C)NS(=O)(=O)c1ccc(NCC(C)C)c(C(=O)O)c1. The summed E-state index contributed by atoms with van der Waals surface area (Å²) in [5.74, 6) is -0.816. The number of carbonyl (C=O) groups is 1. The maximum Gasteiger partial charge on any atom is 0.337 e. The van der Waals surface area contributed by atoms with Crippen LogP contribution in [0.1, 0.15) is 44.5 Å². The molecule has 0 amide bonds. The fourth-order valence-corrected chi connectivity index (χ4v) is 3.10. The first-order valence-corrected chi connectivity index (χ1v) is 8.79. The lowest BCUT2D eigenvalue weighted by molar-refractivity contribution is 0.0697. The van der Waals surface area contributed by atoms with Crippen LogP contribution in [0.15, 0.2) is 23.1 Å². The van der Waals surface area contributed by atoms with E-state index in [2.05, 4.69) is 10.0 Å². The van der Waals surface area contributed by atoms with E-state index in [9.17, 15) is 18.3 Å². The van der Waals surface area contributed by atoms with E-state index in [-0.39, 0.29) is 16.5 Å². The van der Waals surface area contributed by atoms with E-state index in [1.54, 1.807) is 6.92 Å². The quantitative estimate of drug-likeness (QED) is 0.681. The minimum absolute atomic E-state index is 0.0414. The third-order valence-corrected chi connectivity index (χ3v) is 4.79. The summed E-state index contributed by atoms with van der Waals surface area (Å²) >= 11 is 0. The lowest BCUT2D eigenvalue weighted by Gasteiger charge is -2.15. The zero-order valence-electron chi connectivity index (χ0n) is 13.4. The Hall–Kier alpha value is -1.60. The van der Waals surface area contributed by atoms with Crippen LogP contribution in [-0.2, 0) is 10.0 Å². The fraction of sp³-hybridized carbons (Fsp3) is 0.533. The summed E-state index contributed by atoms with van der Waals surface area (Å²) in [6, 6.07) is 3.89. The average Bonchev–Trinajstić information content (AvgIpc) is 2.44. The highest BCUT2D eigenvalue weighted by Crippen LogP contribution is 2.21. The van der Waals surface area contributed by atoms with Crippen LogP contribution in [0.5, 0.6) is 0 Å². The van der Waals surface area contributed by atoms with Crippen molar-refractivity contribution in [3.05, 3.63) is 23.8 Å². The van der Waals surface area contributed by atoms with Crippen LogP contribution in [0.3, 0.4) is 0 Å². The normalized spacial score (nSPS) is 13.1. The Kier molecular flexibility index (Phi) is 6.37. The van der Waals surface area contributed by atoms with Crippen molar-refractivity contribution in [2.75, 3.05) is 11.9 Å². The zero-order chi connectivity index (χ0) is 16.9. The Morgan fingerprint density at radius 2 is 1.91 bits per heavy atom. The number of aromatic carboxylic acids is 1. The second-order valence-electron chi connectivity index (χ2n) is 5.72. The molecule has 0 spiro atoms. The van der Waals surface area contributed by atoms with E-state index in [4.69, 9.17) is 0 Å². The van der Waals surface area contributed by atoms with Crippen LogP contribution in [0.2, 0.25) is 0 Å². The minimum Gasteiger partial charge on any atom is -0.478 e. The first-order chi connectivity index (χ1) is 10.2. The molecule has 0 saturated carbocycles. The van der Waals surface area contributed by atoms with Gasteiger partial charge in [-0.2, -0.15) is 0 Å². The van der Waals surface area contributed by atoms with E-state index < -0.39 is 16.0 Å². The fourth-order valence-electron chi connectivity index (χ4n) is 1.75. The van der Waals surface area contributed by atoms with Gasteiger partial charge in [0, 0.05) is 18.3 Å². The van der Waals surface area contributed by atoms with Gasteiger partial charge in [0.2, 0.25) is 10.0 Å².